The zero-order chi connectivity index (χ0) is 15.3. The van der Waals surface area contributed by atoms with Gasteiger partial charge >= 0.3 is 0 Å². The third-order valence-electron chi connectivity index (χ3n) is 2.92. The predicted molar refractivity (Wildman–Crippen MR) is 80.0 cm³/mol. The number of para-hydroxylation sites is 1. The van der Waals surface area contributed by atoms with Crippen LogP contribution in [0.4, 0.5) is 5.69 Å². The van der Waals surface area contributed by atoms with E-state index in [1.807, 2.05) is 13.0 Å². The van der Waals surface area contributed by atoms with Gasteiger partial charge in [0.1, 0.15) is 0 Å². The molecule has 1 N–H and O–H groups in total. The van der Waals surface area contributed by atoms with E-state index < -0.39 is 9.84 Å². The molecular weight excluding hydrogens is 290 g/mol. The Morgan fingerprint density at radius 1 is 1.29 bits per heavy atom. The van der Waals surface area contributed by atoms with Crippen molar-refractivity contribution in [2.45, 2.75) is 31.6 Å². The van der Waals surface area contributed by atoms with Crippen LogP contribution < -0.4 is 5.32 Å². The number of nitrogens with one attached hydrogen (secondary N) is 1. The maximum Gasteiger partial charge on any atom is 0.228 e. The Kier molecular flexibility index (Phi) is 4.95. The summed E-state index contributed by atoms with van der Waals surface area (Å²) < 4.78 is 29.4. The Morgan fingerprint density at radius 3 is 2.71 bits per heavy atom. The van der Waals surface area contributed by atoms with E-state index in [2.05, 4.69) is 15.5 Å². The van der Waals surface area contributed by atoms with Crippen LogP contribution in [0.15, 0.2) is 33.7 Å². The van der Waals surface area contributed by atoms with Crippen molar-refractivity contribution in [1.29, 1.82) is 0 Å². The second-order valence-corrected chi connectivity index (χ2v) is 6.80. The Balaban J connectivity index is 2.06. The first-order valence-corrected chi connectivity index (χ1v) is 8.53. The lowest BCUT2D eigenvalue weighted by molar-refractivity contribution is 0.377. The standard InChI is InChI=1S/C14H19N3O3S/c1-3-10-21(18,19)13-7-5-4-6-12(13)15-9-8-14-16-11(2)17-20-14/h4-7,15H,3,8-10H2,1-2H3. The largest absolute Gasteiger partial charge is 0.383 e. The predicted octanol–water partition coefficient (Wildman–Crippen LogP) is 2.22. The van der Waals surface area contributed by atoms with Crippen LogP contribution in [0.25, 0.3) is 0 Å². The molecule has 0 atom stereocenters. The Bertz CT molecular complexity index is 695. The highest BCUT2D eigenvalue weighted by Gasteiger charge is 2.17. The molecule has 1 aromatic heterocycles. The van der Waals surface area contributed by atoms with Gasteiger partial charge in [0.2, 0.25) is 5.89 Å². The second-order valence-electron chi connectivity index (χ2n) is 4.73. The number of hydrogen-bond donors (Lipinski definition) is 1. The molecule has 1 heterocycles. The SMILES string of the molecule is CCCS(=O)(=O)c1ccccc1NCCc1nc(C)no1. The average molecular weight is 309 g/mol. The molecule has 2 aromatic rings. The van der Waals surface area contributed by atoms with Gasteiger partial charge in [-0.15, -0.1) is 0 Å². The van der Waals surface area contributed by atoms with Crippen molar-refractivity contribution in [3.63, 3.8) is 0 Å². The minimum Gasteiger partial charge on any atom is -0.383 e. The fourth-order valence-corrected chi connectivity index (χ4v) is 3.53. The van der Waals surface area contributed by atoms with Crippen LogP contribution in [0.1, 0.15) is 25.1 Å². The van der Waals surface area contributed by atoms with Crippen LogP contribution in [0.5, 0.6) is 0 Å². The molecule has 1 aromatic carbocycles. The number of aryl methyl sites for hydroxylation is 1. The van der Waals surface area contributed by atoms with E-state index >= 15 is 0 Å². The number of rotatable bonds is 7. The first-order valence-electron chi connectivity index (χ1n) is 6.88. The smallest absolute Gasteiger partial charge is 0.228 e. The highest BCUT2D eigenvalue weighted by Crippen LogP contribution is 2.22. The number of benzene rings is 1. The molecule has 0 amide bonds. The zero-order valence-electron chi connectivity index (χ0n) is 12.2. The van der Waals surface area contributed by atoms with Crippen LogP contribution in [-0.2, 0) is 16.3 Å². The van der Waals surface area contributed by atoms with Crippen LogP contribution in [0.3, 0.4) is 0 Å². The highest BCUT2D eigenvalue weighted by atomic mass is 32.2. The molecule has 0 unspecified atom stereocenters. The van der Waals surface area contributed by atoms with Crippen LogP contribution in [-0.4, -0.2) is 30.9 Å². The first kappa shape index (κ1) is 15.5. The van der Waals surface area contributed by atoms with Gasteiger partial charge in [-0.2, -0.15) is 4.98 Å². The van der Waals surface area contributed by atoms with Gasteiger partial charge in [0.05, 0.1) is 16.3 Å². The fourth-order valence-electron chi connectivity index (χ4n) is 2.01. The minimum absolute atomic E-state index is 0.147. The molecule has 0 aliphatic rings. The Morgan fingerprint density at radius 2 is 2.05 bits per heavy atom. The molecule has 0 spiro atoms. The summed E-state index contributed by atoms with van der Waals surface area (Å²) in [5.41, 5.74) is 0.613. The average Bonchev–Trinajstić information content (AvgIpc) is 2.85. The van der Waals surface area contributed by atoms with E-state index in [-0.39, 0.29) is 5.75 Å². The van der Waals surface area contributed by atoms with Crippen LogP contribution in [0.2, 0.25) is 0 Å². The third-order valence-corrected chi connectivity index (χ3v) is 4.89. The fraction of sp³-hybridized carbons (Fsp3) is 0.429. The molecule has 114 valence electrons. The van der Waals surface area contributed by atoms with E-state index in [1.165, 1.54) is 0 Å². The van der Waals surface area contributed by atoms with E-state index in [0.29, 0.717) is 41.7 Å². The Labute approximate surface area is 124 Å². The molecule has 0 aliphatic carbocycles. The van der Waals surface area contributed by atoms with Gasteiger partial charge in [0.15, 0.2) is 15.7 Å². The van der Waals surface area contributed by atoms with Gasteiger partial charge in [-0.3, -0.25) is 0 Å². The van der Waals surface area contributed by atoms with Gasteiger partial charge in [-0.05, 0) is 25.5 Å². The summed E-state index contributed by atoms with van der Waals surface area (Å²) in [7, 11) is -3.25. The first-order chi connectivity index (χ1) is 10.0. The van der Waals surface area contributed by atoms with Gasteiger partial charge in [-0.25, -0.2) is 8.42 Å². The maximum atomic E-state index is 12.2. The lowest BCUT2D eigenvalue weighted by atomic mass is 10.3. The summed E-state index contributed by atoms with van der Waals surface area (Å²) in [4.78, 5) is 4.45. The summed E-state index contributed by atoms with van der Waals surface area (Å²) in [6.45, 7) is 4.14. The van der Waals surface area contributed by atoms with Crippen molar-refractivity contribution < 1.29 is 12.9 Å². The van der Waals surface area contributed by atoms with E-state index in [4.69, 9.17) is 4.52 Å². The monoisotopic (exact) mass is 309 g/mol. The quantitative estimate of drug-likeness (QED) is 0.844. The molecule has 0 saturated carbocycles. The zero-order valence-corrected chi connectivity index (χ0v) is 13.0. The van der Waals surface area contributed by atoms with Crippen molar-refractivity contribution in [1.82, 2.24) is 10.1 Å². The van der Waals surface area contributed by atoms with Crippen LogP contribution >= 0.6 is 0 Å². The maximum absolute atomic E-state index is 12.2. The molecule has 0 aliphatic heterocycles. The molecule has 21 heavy (non-hydrogen) atoms. The van der Waals surface area contributed by atoms with Crippen molar-refractivity contribution >= 4 is 15.5 Å². The second kappa shape index (κ2) is 6.71. The molecule has 0 bridgehead atoms. The molecule has 6 nitrogen and oxygen atoms in total. The Hall–Kier alpha value is -1.89. The van der Waals surface area contributed by atoms with Crippen molar-refractivity contribution in [2.75, 3.05) is 17.6 Å². The van der Waals surface area contributed by atoms with Gasteiger partial charge < -0.3 is 9.84 Å². The summed E-state index contributed by atoms with van der Waals surface area (Å²) in [5.74, 6) is 1.28. The lowest BCUT2D eigenvalue weighted by Gasteiger charge is -2.11. The third kappa shape index (κ3) is 4.04. The van der Waals surface area contributed by atoms with E-state index in [9.17, 15) is 8.42 Å². The number of anilines is 1. The molecule has 2 rings (SSSR count). The lowest BCUT2D eigenvalue weighted by Crippen LogP contribution is -2.12. The molecular formula is C14H19N3O3S. The summed E-state index contributed by atoms with van der Waals surface area (Å²) >= 11 is 0. The molecule has 0 fully saturated rings. The van der Waals surface area contributed by atoms with Crippen molar-refractivity contribution in [2.24, 2.45) is 0 Å². The van der Waals surface area contributed by atoms with Crippen molar-refractivity contribution in [3.8, 4) is 0 Å². The number of nitrogens with zero attached hydrogens (tertiary/aromatic N) is 2. The molecule has 0 saturated heterocycles. The highest BCUT2D eigenvalue weighted by molar-refractivity contribution is 7.91. The van der Waals surface area contributed by atoms with Gasteiger partial charge in [-0.1, -0.05) is 24.2 Å². The van der Waals surface area contributed by atoms with E-state index in [1.54, 1.807) is 25.1 Å². The normalized spacial score (nSPS) is 11.5. The summed E-state index contributed by atoms with van der Waals surface area (Å²) in [6.07, 6.45) is 1.14. The minimum atomic E-state index is -3.25. The molecule has 7 heteroatoms. The van der Waals surface area contributed by atoms with Gasteiger partial charge in [0, 0.05) is 13.0 Å². The van der Waals surface area contributed by atoms with E-state index in [0.717, 1.165) is 0 Å². The number of sulfone groups is 1. The van der Waals surface area contributed by atoms with Crippen LogP contribution in [0, 0.1) is 6.92 Å². The topological polar surface area (TPSA) is 85.1 Å². The molecule has 0 radical (unpaired) electrons. The number of hydrogen-bond acceptors (Lipinski definition) is 6. The van der Waals surface area contributed by atoms with Crippen molar-refractivity contribution in [3.05, 3.63) is 36.0 Å². The summed E-state index contributed by atoms with van der Waals surface area (Å²) in [6, 6.07) is 6.94. The summed E-state index contributed by atoms with van der Waals surface area (Å²) in [5, 5.41) is 6.84. The van der Waals surface area contributed by atoms with Gasteiger partial charge in [0.25, 0.3) is 0 Å². The number of aromatic nitrogens is 2.